The van der Waals surface area contributed by atoms with Crippen molar-refractivity contribution in [2.45, 2.75) is 51.4 Å². The maximum absolute atomic E-state index is 12.2. The Balaban J connectivity index is 1.93. The van der Waals surface area contributed by atoms with Crippen molar-refractivity contribution in [2.75, 3.05) is 13.1 Å². The molecule has 2 heterocycles. The predicted octanol–water partition coefficient (Wildman–Crippen LogP) is 0.750. The van der Waals surface area contributed by atoms with Gasteiger partial charge in [0.2, 0.25) is 0 Å². The normalized spacial score (nSPS) is 39.3. The largest absolute Gasteiger partial charge is 0.364 e. The maximum Gasteiger partial charge on any atom is 0.251 e. The summed E-state index contributed by atoms with van der Waals surface area (Å²) in [6, 6.07) is 0.355. The highest BCUT2D eigenvalue weighted by molar-refractivity contribution is 5.81. The number of amides is 1. The lowest BCUT2D eigenvalue weighted by molar-refractivity contribution is -0.143. The number of rotatable bonds is 2. The third-order valence-electron chi connectivity index (χ3n) is 4.07. The van der Waals surface area contributed by atoms with E-state index in [1.54, 1.807) is 0 Å². The van der Waals surface area contributed by atoms with Crippen LogP contribution in [-0.2, 0) is 9.53 Å². The van der Waals surface area contributed by atoms with Crippen molar-refractivity contribution in [3.63, 3.8) is 0 Å². The summed E-state index contributed by atoms with van der Waals surface area (Å²) in [6.45, 7) is 5.74. The van der Waals surface area contributed by atoms with Gasteiger partial charge in [0.1, 0.15) is 6.10 Å². The van der Waals surface area contributed by atoms with Crippen molar-refractivity contribution in [3.05, 3.63) is 0 Å². The van der Waals surface area contributed by atoms with E-state index in [-0.39, 0.29) is 18.1 Å². The van der Waals surface area contributed by atoms with Crippen molar-refractivity contribution in [2.24, 2.45) is 11.7 Å². The first-order valence-electron chi connectivity index (χ1n) is 6.29. The van der Waals surface area contributed by atoms with Crippen LogP contribution in [0.2, 0.25) is 0 Å². The number of ether oxygens (including phenoxy) is 1. The Morgan fingerprint density at radius 1 is 1.38 bits per heavy atom. The molecular weight excluding hydrogens is 204 g/mol. The third-order valence-corrected chi connectivity index (χ3v) is 4.07. The highest BCUT2D eigenvalue weighted by Crippen LogP contribution is 2.27. The fourth-order valence-electron chi connectivity index (χ4n) is 2.65. The van der Waals surface area contributed by atoms with Crippen LogP contribution in [0.4, 0.5) is 0 Å². The van der Waals surface area contributed by atoms with E-state index >= 15 is 0 Å². The summed E-state index contributed by atoms with van der Waals surface area (Å²) in [5.41, 5.74) is 5.55. The Morgan fingerprint density at radius 2 is 2.12 bits per heavy atom. The zero-order chi connectivity index (χ0) is 11.7. The van der Waals surface area contributed by atoms with Gasteiger partial charge in [-0.1, -0.05) is 6.92 Å². The fraction of sp³-hybridized carbons (Fsp3) is 0.917. The summed E-state index contributed by atoms with van der Waals surface area (Å²) in [4.78, 5) is 14.2. The van der Waals surface area contributed by atoms with Crippen LogP contribution < -0.4 is 5.73 Å². The fourth-order valence-corrected chi connectivity index (χ4v) is 2.65. The zero-order valence-corrected chi connectivity index (χ0v) is 10.2. The van der Waals surface area contributed by atoms with Crippen molar-refractivity contribution < 1.29 is 9.53 Å². The van der Waals surface area contributed by atoms with Crippen LogP contribution in [0.25, 0.3) is 0 Å². The van der Waals surface area contributed by atoms with E-state index in [1.165, 1.54) is 0 Å². The summed E-state index contributed by atoms with van der Waals surface area (Å²) in [6.07, 6.45) is 2.72. The molecule has 2 fully saturated rings. The summed E-state index contributed by atoms with van der Waals surface area (Å²) in [5, 5.41) is 0. The SMILES string of the molecule is CC1CCN(C(=O)[C@@H]2CC[C@H](CN)O2)C1C. The molecule has 0 bridgehead atoms. The number of carbonyl (C=O) groups is 1. The van der Waals surface area contributed by atoms with Gasteiger partial charge in [-0.25, -0.2) is 0 Å². The quantitative estimate of drug-likeness (QED) is 0.756. The van der Waals surface area contributed by atoms with E-state index in [0.717, 1.165) is 25.8 Å². The summed E-state index contributed by atoms with van der Waals surface area (Å²) >= 11 is 0. The van der Waals surface area contributed by atoms with Crippen molar-refractivity contribution in [1.29, 1.82) is 0 Å². The minimum Gasteiger partial charge on any atom is -0.364 e. The predicted molar refractivity (Wildman–Crippen MR) is 61.9 cm³/mol. The molecule has 1 amide bonds. The van der Waals surface area contributed by atoms with E-state index < -0.39 is 0 Å². The van der Waals surface area contributed by atoms with E-state index in [1.807, 2.05) is 4.90 Å². The van der Waals surface area contributed by atoms with E-state index in [0.29, 0.717) is 18.5 Å². The van der Waals surface area contributed by atoms with Gasteiger partial charge in [-0.3, -0.25) is 4.79 Å². The van der Waals surface area contributed by atoms with Crippen LogP contribution in [0.15, 0.2) is 0 Å². The van der Waals surface area contributed by atoms with Crippen LogP contribution in [-0.4, -0.2) is 42.1 Å². The van der Waals surface area contributed by atoms with Gasteiger partial charge in [0.15, 0.2) is 0 Å². The lowest BCUT2D eigenvalue weighted by Crippen LogP contribution is -2.42. The molecule has 92 valence electrons. The number of nitrogens with two attached hydrogens (primary N) is 1. The molecule has 0 saturated carbocycles. The summed E-state index contributed by atoms with van der Waals surface area (Å²) in [7, 11) is 0. The first kappa shape index (κ1) is 11.9. The average molecular weight is 226 g/mol. The molecule has 2 rings (SSSR count). The molecule has 0 aromatic rings. The second-order valence-electron chi connectivity index (χ2n) is 5.10. The smallest absolute Gasteiger partial charge is 0.251 e. The molecule has 2 aliphatic heterocycles. The van der Waals surface area contributed by atoms with Crippen LogP contribution in [0.5, 0.6) is 0 Å². The van der Waals surface area contributed by atoms with Crippen molar-refractivity contribution in [3.8, 4) is 0 Å². The summed E-state index contributed by atoms with van der Waals surface area (Å²) < 4.78 is 5.65. The monoisotopic (exact) mass is 226 g/mol. The maximum atomic E-state index is 12.2. The summed E-state index contributed by atoms with van der Waals surface area (Å²) in [5.74, 6) is 0.781. The standard InChI is InChI=1S/C12H22N2O2/c1-8-5-6-14(9(8)2)12(15)11-4-3-10(7-13)16-11/h8-11H,3-7,13H2,1-2H3/t8?,9?,10-,11+/m1/s1. The number of carbonyl (C=O) groups excluding carboxylic acids is 1. The number of likely N-dealkylation sites (tertiary alicyclic amines) is 1. The Bertz CT molecular complexity index is 270. The van der Waals surface area contributed by atoms with Crippen LogP contribution in [0.3, 0.4) is 0 Å². The molecule has 0 aromatic carbocycles. The Labute approximate surface area is 97.1 Å². The van der Waals surface area contributed by atoms with Gasteiger partial charge in [0.05, 0.1) is 6.10 Å². The van der Waals surface area contributed by atoms with Crippen LogP contribution in [0.1, 0.15) is 33.1 Å². The molecule has 0 aliphatic carbocycles. The molecule has 4 heteroatoms. The highest BCUT2D eigenvalue weighted by atomic mass is 16.5. The third kappa shape index (κ3) is 2.09. The molecule has 2 N–H and O–H groups in total. The molecule has 0 spiro atoms. The van der Waals surface area contributed by atoms with E-state index in [2.05, 4.69) is 13.8 Å². The minimum absolute atomic E-state index is 0.0873. The first-order valence-corrected chi connectivity index (χ1v) is 6.29. The topological polar surface area (TPSA) is 55.6 Å². The molecular formula is C12H22N2O2. The van der Waals surface area contributed by atoms with Crippen molar-refractivity contribution >= 4 is 5.91 Å². The van der Waals surface area contributed by atoms with Gasteiger partial charge >= 0.3 is 0 Å². The van der Waals surface area contributed by atoms with Gasteiger partial charge < -0.3 is 15.4 Å². The van der Waals surface area contributed by atoms with Crippen molar-refractivity contribution in [1.82, 2.24) is 4.90 Å². The molecule has 4 nitrogen and oxygen atoms in total. The molecule has 4 atom stereocenters. The van der Waals surface area contributed by atoms with Crippen LogP contribution in [0, 0.1) is 5.92 Å². The number of hydrogen-bond acceptors (Lipinski definition) is 3. The van der Waals surface area contributed by atoms with E-state index in [4.69, 9.17) is 10.5 Å². The Hall–Kier alpha value is -0.610. The second-order valence-corrected chi connectivity index (χ2v) is 5.10. The Kier molecular flexibility index (Phi) is 3.50. The van der Waals surface area contributed by atoms with E-state index in [9.17, 15) is 4.79 Å². The average Bonchev–Trinajstić information content (AvgIpc) is 2.87. The highest BCUT2D eigenvalue weighted by Gasteiger charge is 2.38. The first-order chi connectivity index (χ1) is 7.63. The van der Waals surface area contributed by atoms with Gasteiger partial charge in [-0.05, 0) is 32.1 Å². The lowest BCUT2D eigenvalue weighted by Gasteiger charge is -2.26. The molecule has 2 saturated heterocycles. The van der Waals surface area contributed by atoms with Gasteiger partial charge in [-0.2, -0.15) is 0 Å². The molecule has 2 unspecified atom stereocenters. The minimum atomic E-state index is -0.235. The molecule has 0 radical (unpaired) electrons. The molecule has 0 aromatic heterocycles. The molecule has 16 heavy (non-hydrogen) atoms. The van der Waals surface area contributed by atoms with Gasteiger partial charge in [0.25, 0.3) is 5.91 Å². The Morgan fingerprint density at radius 3 is 2.62 bits per heavy atom. The van der Waals surface area contributed by atoms with Gasteiger partial charge in [-0.15, -0.1) is 0 Å². The van der Waals surface area contributed by atoms with Gasteiger partial charge in [0, 0.05) is 19.1 Å². The lowest BCUT2D eigenvalue weighted by atomic mass is 10.0. The number of nitrogens with zero attached hydrogens (tertiary/aromatic N) is 1. The molecule has 2 aliphatic rings. The van der Waals surface area contributed by atoms with Crippen LogP contribution >= 0.6 is 0 Å². The second kappa shape index (κ2) is 4.72. The zero-order valence-electron chi connectivity index (χ0n) is 10.2. The number of hydrogen-bond donors (Lipinski definition) is 1.